The summed E-state index contributed by atoms with van der Waals surface area (Å²) in [6.07, 6.45) is -5.18. The first-order valence-corrected chi connectivity index (χ1v) is 8.49. The molecule has 16 heteroatoms. The molecule has 6 N–H and O–H groups in total. The van der Waals surface area contributed by atoms with Crippen LogP contribution >= 0.6 is 11.6 Å². The monoisotopic (exact) mass is 427 g/mol. The van der Waals surface area contributed by atoms with Gasteiger partial charge in [-0.2, -0.15) is 9.97 Å². The zero-order valence-corrected chi connectivity index (χ0v) is 15.1. The predicted octanol–water partition coefficient (Wildman–Crippen LogP) is -1.96. The van der Waals surface area contributed by atoms with Crippen molar-refractivity contribution in [3.05, 3.63) is 17.4 Å². The number of hydrogen-bond acceptors (Lipinski definition) is 12. The minimum absolute atomic E-state index is 0.0386. The van der Waals surface area contributed by atoms with E-state index in [0.717, 1.165) is 0 Å². The Morgan fingerprint density at radius 2 is 2.21 bits per heavy atom. The van der Waals surface area contributed by atoms with Gasteiger partial charge in [0.25, 0.3) is 0 Å². The summed E-state index contributed by atoms with van der Waals surface area (Å²) in [5, 5.41) is 42.2. The number of aromatic amines is 1. The molecule has 5 atom stereocenters. The number of imidazole rings is 1. The van der Waals surface area contributed by atoms with E-state index >= 15 is 0 Å². The van der Waals surface area contributed by atoms with Crippen LogP contribution in [0.5, 0.6) is 0 Å². The number of H-pyrrole nitrogens is 1. The Balaban J connectivity index is 1.53. The topological polar surface area (TPSA) is 220 Å². The number of rotatable bonds is 6. The lowest BCUT2D eigenvalue weighted by atomic mass is 10.1. The van der Waals surface area contributed by atoms with E-state index in [9.17, 15) is 20.1 Å². The number of aliphatic carboxylic acids is 1. The minimum atomic E-state index is -1.52. The highest BCUT2D eigenvalue weighted by Gasteiger charge is 2.45. The van der Waals surface area contributed by atoms with E-state index < -0.39 is 36.6 Å². The van der Waals surface area contributed by atoms with E-state index in [1.54, 1.807) is 0 Å². The Labute approximate surface area is 165 Å². The Hall–Kier alpha value is -2.98. The zero-order chi connectivity index (χ0) is 20.7. The second-order valence-electron chi connectivity index (χ2n) is 6.09. The number of aliphatic hydroxyl groups excluding tert-OH is 2. The first-order chi connectivity index (χ1) is 13.9. The van der Waals surface area contributed by atoms with E-state index in [4.69, 9.17) is 26.8 Å². The van der Waals surface area contributed by atoms with Gasteiger partial charge < -0.3 is 30.5 Å². The number of tetrazole rings is 1. The van der Waals surface area contributed by atoms with Gasteiger partial charge in [0.05, 0.1) is 12.9 Å². The lowest BCUT2D eigenvalue weighted by Crippen LogP contribution is -2.34. The number of nitrogens with zero attached hydrogens (tertiary/aromatic N) is 7. The van der Waals surface area contributed by atoms with Crippen molar-refractivity contribution in [3.63, 3.8) is 0 Å². The highest BCUT2D eigenvalue weighted by atomic mass is 35.5. The van der Waals surface area contributed by atoms with Crippen molar-refractivity contribution < 1.29 is 29.6 Å². The van der Waals surface area contributed by atoms with Crippen LogP contribution in [0.1, 0.15) is 18.2 Å². The van der Waals surface area contributed by atoms with Crippen LogP contribution in [0.4, 0.5) is 5.82 Å². The number of aliphatic hydroxyl groups is 2. The average Bonchev–Trinajstić information content (AvgIpc) is 3.38. The molecular formula is C13H14ClN9O6. The second-order valence-corrected chi connectivity index (χ2v) is 6.42. The standard InChI is InChI=1S/C13H14ClN9O6/c14-13-17-8(15)4-10(18-13)23(2-16-4)11-6(25)5(24)3(29-11)1-28-7(12(26)27)9-19-21-22-20-9/h2-3,5-7,11,24-25H,1H2,(H,26,27)(H2,15,17,18)(H,19,20,21,22)/t3-,5-,6-,7?,11-/m1/s1. The molecule has 4 rings (SSSR count). The maximum Gasteiger partial charge on any atom is 0.340 e. The van der Waals surface area contributed by atoms with Gasteiger partial charge >= 0.3 is 5.97 Å². The fraction of sp³-hybridized carbons (Fsp3) is 0.462. The molecule has 29 heavy (non-hydrogen) atoms. The smallest absolute Gasteiger partial charge is 0.340 e. The number of anilines is 1. The predicted molar refractivity (Wildman–Crippen MR) is 91.2 cm³/mol. The second kappa shape index (κ2) is 7.45. The molecule has 1 saturated heterocycles. The lowest BCUT2D eigenvalue weighted by molar-refractivity contribution is -0.156. The van der Waals surface area contributed by atoms with Crippen molar-refractivity contribution in [3.8, 4) is 0 Å². The van der Waals surface area contributed by atoms with Crippen molar-refractivity contribution in [1.82, 2.24) is 40.1 Å². The summed E-state index contributed by atoms with van der Waals surface area (Å²) in [6, 6.07) is 0. The molecule has 1 aliphatic heterocycles. The van der Waals surface area contributed by atoms with Gasteiger partial charge in [-0.25, -0.2) is 14.9 Å². The number of ether oxygens (including phenoxy) is 2. The molecule has 0 amide bonds. The summed E-state index contributed by atoms with van der Waals surface area (Å²) in [4.78, 5) is 23.2. The van der Waals surface area contributed by atoms with Gasteiger partial charge in [0.1, 0.15) is 23.8 Å². The molecule has 1 aliphatic rings. The minimum Gasteiger partial charge on any atom is -0.479 e. The number of nitrogens with two attached hydrogens (primary N) is 1. The highest BCUT2D eigenvalue weighted by Crippen LogP contribution is 2.33. The number of nitrogens with one attached hydrogen (secondary N) is 1. The largest absolute Gasteiger partial charge is 0.479 e. The summed E-state index contributed by atoms with van der Waals surface area (Å²) in [6.45, 7) is -0.378. The third-order valence-corrected chi connectivity index (χ3v) is 4.46. The van der Waals surface area contributed by atoms with Crippen LogP contribution < -0.4 is 5.73 Å². The fourth-order valence-corrected chi connectivity index (χ4v) is 3.10. The fourth-order valence-electron chi connectivity index (χ4n) is 2.93. The number of halogens is 1. The molecular weight excluding hydrogens is 414 g/mol. The Morgan fingerprint density at radius 1 is 1.41 bits per heavy atom. The van der Waals surface area contributed by atoms with Crippen LogP contribution in [-0.2, 0) is 14.3 Å². The van der Waals surface area contributed by atoms with Crippen molar-refractivity contribution >= 4 is 34.6 Å². The normalized spacial score (nSPS) is 25.5. The molecule has 154 valence electrons. The molecule has 0 aromatic carbocycles. The number of nitrogen functional groups attached to an aromatic ring is 1. The molecule has 0 saturated carbocycles. The average molecular weight is 428 g/mol. The SMILES string of the molecule is Nc1nc(Cl)nc2c1ncn2[C@@H]1O[C@H](COC(C(=O)O)c2nnn[nH]2)[C@@H](O)[C@H]1O. The first kappa shape index (κ1) is 19.3. The van der Waals surface area contributed by atoms with E-state index in [-0.39, 0.29) is 34.7 Å². The van der Waals surface area contributed by atoms with Crippen LogP contribution in [-0.4, -0.2) is 86.4 Å². The van der Waals surface area contributed by atoms with Gasteiger partial charge in [0.2, 0.25) is 11.4 Å². The molecule has 0 spiro atoms. The lowest BCUT2D eigenvalue weighted by Gasteiger charge is -2.17. The number of hydrogen-bond donors (Lipinski definition) is 5. The molecule has 1 unspecified atom stereocenters. The van der Waals surface area contributed by atoms with Crippen LogP contribution in [0, 0.1) is 0 Å². The van der Waals surface area contributed by atoms with Crippen molar-refractivity contribution in [2.45, 2.75) is 30.6 Å². The van der Waals surface area contributed by atoms with E-state index in [2.05, 4.69) is 35.6 Å². The molecule has 0 bridgehead atoms. The third kappa shape index (κ3) is 3.45. The Morgan fingerprint density at radius 3 is 2.90 bits per heavy atom. The molecule has 0 aliphatic carbocycles. The van der Waals surface area contributed by atoms with Crippen molar-refractivity contribution in [1.29, 1.82) is 0 Å². The van der Waals surface area contributed by atoms with Crippen molar-refractivity contribution in [2.24, 2.45) is 0 Å². The van der Waals surface area contributed by atoms with Gasteiger partial charge in [-0.3, -0.25) is 4.57 Å². The number of carboxylic acid groups (broad SMARTS) is 1. The maximum atomic E-state index is 11.4. The summed E-state index contributed by atoms with van der Waals surface area (Å²) < 4.78 is 12.3. The van der Waals surface area contributed by atoms with E-state index in [0.29, 0.717) is 0 Å². The van der Waals surface area contributed by atoms with Gasteiger partial charge in [-0.15, -0.1) is 5.10 Å². The van der Waals surface area contributed by atoms with Crippen LogP contribution in [0.3, 0.4) is 0 Å². The van der Waals surface area contributed by atoms with Crippen LogP contribution in [0.2, 0.25) is 5.28 Å². The van der Waals surface area contributed by atoms with E-state index in [1.807, 2.05) is 0 Å². The molecule has 4 heterocycles. The number of carbonyl (C=O) groups is 1. The van der Waals surface area contributed by atoms with E-state index in [1.165, 1.54) is 10.9 Å². The quantitative estimate of drug-likeness (QED) is 0.270. The zero-order valence-electron chi connectivity index (χ0n) is 14.3. The van der Waals surface area contributed by atoms with Gasteiger partial charge in [0.15, 0.2) is 23.5 Å². The van der Waals surface area contributed by atoms with Gasteiger partial charge in [0, 0.05) is 0 Å². The van der Waals surface area contributed by atoms with Crippen molar-refractivity contribution in [2.75, 3.05) is 12.3 Å². The summed E-state index contributed by atoms with van der Waals surface area (Å²) in [5.41, 5.74) is 6.19. The summed E-state index contributed by atoms with van der Waals surface area (Å²) in [5.74, 6) is -1.45. The molecule has 0 radical (unpaired) electrons. The number of fused-ring (bicyclic) bond motifs is 1. The maximum absolute atomic E-state index is 11.4. The summed E-state index contributed by atoms with van der Waals surface area (Å²) >= 11 is 5.83. The number of aromatic nitrogens is 8. The Bertz CT molecular complexity index is 1030. The van der Waals surface area contributed by atoms with Gasteiger partial charge in [-0.05, 0) is 22.0 Å². The van der Waals surface area contributed by atoms with Crippen LogP contribution in [0.25, 0.3) is 11.2 Å². The van der Waals surface area contributed by atoms with Crippen LogP contribution in [0.15, 0.2) is 6.33 Å². The number of carboxylic acids is 1. The highest BCUT2D eigenvalue weighted by molar-refractivity contribution is 6.28. The summed E-state index contributed by atoms with van der Waals surface area (Å²) in [7, 11) is 0. The molecule has 3 aromatic rings. The van der Waals surface area contributed by atoms with Gasteiger partial charge in [-0.1, -0.05) is 0 Å². The molecule has 15 nitrogen and oxygen atoms in total. The molecule has 1 fully saturated rings. The third-order valence-electron chi connectivity index (χ3n) is 4.29. The Kier molecular flexibility index (Phi) is 4.97. The molecule has 3 aromatic heterocycles. The first-order valence-electron chi connectivity index (χ1n) is 8.12.